The summed E-state index contributed by atoms with van der Waals surface area (Å²) in [6.07, 6.45) is 1.41. The molecule has 0 unspecified atom stereocenters. The number of fused-ring (bicyclic) bond motifs is 1. The number of nitrogens with zero attached hydrogens (tertiary/aromatic N) is 6. The van der Waals surface area contributed by atoms with Crippen LogP contribution in [0.2, 0.25) is 5.02 Å². The highest BCUT2D eigenvalue weighted by Gasteiger charge is 2.29. The average Bonchev–Trinajstić information content (AvgIpc) is 3.80. The zero-order valence-electron chi connectivity index (χ0n) is 30.3. The van der Waals surface area contributed by atoms with Crippen molar-refractivity contribution in [3.8, 4) is 45.2 Å². The van der Waals surface area contributed by atoms with Gasteiger partial charge in [-0.2, -0.15) is 9.37 Å². The Labute approximate surface area is 325 Å². The Bertz CT molecular complexity index is 2300. The molecule has 5 heterocycles. The molecule has 1 atom stereocenters. The van der Waals surface area contributed by atoms with Crippen molar-refractivity contribution in [1.82, 2.24) is 29.7 Å². The van der Waals surface area contributed by atoms with Crippen LogP contribution in [0.3, 0.4) is 0 Å². The lowest BCUT2D eigenvalue weighted by Gasteiger charge is -2.32. The first-order valence-electron chi connectivity index (χ1n) is 17.5. The van der Waals surface area contributed by atoms with Crippen LogP contribution in [0.5, 0.6) is 23.4 Å². The van der Waals surface area contributed by atoms with Gasteiger partial charge in [0.2, 0.25) is 12.0 Å². The number of hydrogen-bond acceptors (Lipinski definition) is 13. The molecule has 286 valence electrons. The van der Waals surface area contributed by atoms with Crippen LogP contribution in [0.25, 0.3) is 32.0 Å². The second kappa shape index (κ2) is 17.0. The first kappa shape index (κ1) is 37.9. The molecule has 55 heavy (non-hydrogen) atoms. The van der Waals surface area contributed by atoms with Crippen molar-refractivity contribution in [3.05, 3.63) is 95.0 Å². The van der Waals surface area contributed by atoms with Crippen molar-refractivity contribution >= 4 is 39.1 Å². The quantitative estimate of drug-likeness (QED) is 0.117. The number of aromatic nitrogens is 4. The molecule has 1 saturated heterocycles. The summed E-state index contributed by atoms with van der Waals surface area (Å²) in [5, 5.41) is 11.3. The van der Waals surface area contributed by atoms with E-state index in [1.54, 1.807) is 42.6 Å². The molecule has 7 rings (SSSR count). The van der Waals surface area contributed by atoms with E-state index in [1.807, 2.05) is 13.0 Å². The van der Waals surface area contributed by atoms with Gasteiger partial charge in [0.15, 0.2) is 0 Å². The molecule has 2 aromatic carbocycles. The molecule has 0 saturated carbocycles. The summed E-state index contributed by atoms with van der Waals surface area (Å²) in [5.41, 5.74) is 3.07. The number of aliphatic carboxylic acids is 1. The normalized spacial score (nSPS) is 14.2. The first-order valence-corrected chi connectivity index (χ1v) is 18.7. The van der Waals surface area contributed by atoms with Gasteiger partial charge < -0.3 is 33.4 Å². The van der Waals surface area contributed by atoms with Gasteiger partial charge in [0.05, 0.1) is 28.1 Å². The number of hydrogen-bond donors (Lipinski definition) is 1. The second-order valence-electron chi connectivity index (χ2n) is 12.9. The predicted molar refractivity (Wildman–Crippen MR) is 205 cm³/mol. The van der Waals surface area contributed by atoms with E-state index < -0.39 is 18.1 Å². The van der Waals surface area contributed by atoms with E-state index in [2.05, 4.69) is 36.8 Å². The van der Waals surface area contributed by atoms with Crippen molar-refractivity contribution in [2.24, 2.45) is 0 Å². The van der Waals surface area contributed by atoms with Gasteiger partial charge in [-0.3, -0.25) is 4.90 Å². The summed E-state index contributed by atoms with van der Waals surface area (Å²) in [4.78, 5) is 35.7. The maximum Gasteiger partial charge on any atom is 0.345 e. The number of rotatable bonds is 15. The predicted octanol–water partition coefficient (Wildman–Crippen LogP) is 6.80. The molecule has 0 bridgehead atoms. The third-order valence-corrected chi connectivity index (χ3v) is 10.9. The average molecular weight is 789 g/mol. The Morgan fingerprint density at radius 3 is 2.62 bits per heavy atom. The van der Waals surface area contributed by atoms with E-state index in [4.69, 9.17) is 35.0 Å². The summed E-state index contributed by atoms with van der Waals surface area (Å²) in [6.45, 7) is 7.16. The highest BCUT2D eigenvalue weighted by molar-refractivity contribution is 7.22. The van der Waals surface area contributed by atoms with Crippen LogP contribution in [0.1, 0.15) is 16.8 Å². The molecule has 0 aliphatic carbocycles. The standard InChI is InChI=1S/C39H38ClFN6O7S/c1-23-26(8-9-28(34(23)40)51-19-18-47-16-14-46(2)15-17-47)32-33-36(43-22-44-37(33)55-35(32)29-10-11-31(41)53-29)54-30(38(48)49)20-24-6-4-5-7-27(24)52-21-25-12-13-42-39(45-25)50-3/h4-13,22,30H,14-21H2,1-3H3,(H,48,49)/t30-/m1/s1. The van der Waals surface area contributed by atoms with Crippen LogP contribution in [0.4, 0.5) is 4.39 Å². The Morgan fingerprint density at radius 2 is 1.85 bits per heavy atom. The molecule has 0 spiro atoms. The lowest BCUT2D eigenvalue weighted by Crippen LogP contribution is -2.45. The number of carboxylic acid groups (broad SMARTS) is 1. The van der Waals surface area contributed by atoms with Crippen LogP contribution in [0, 0.1) is 12.9 Å². The van der Waals surface area contributed by atoms with E-state index in [0.29, 0.717) is 66.2 Å². The highest BCUT2D eigenvalue weighted by Crippen LogP contribution is 2.49. The van der Waals surface area contributed by atoms with Crippen molar-refractivity contribution < 1.29 is 37.7 Å². The Balaban J connectivity index is 1.20. The minimum Gasteiger partial charge on any atom is -0.491 e. The molecule has 4 aromatic heterocycles. The molecule has 13 nitrogen and oxygen atoms in total. The monoisotopic (exact) mass is 788 g/mol. The maximum absolute atomic E-state index is 14.3. The summed E-state index contributed by atoms with van der Waals surface area (Å²) in [7, 11) is 3.59. The summed E-state index contributed by atoms with van der Waals surface area (Å²) in [6, 6.07) is 14.6. The zero-order valence-corrected chi connectivity index (χ0v) is 31.9. The smallest absolute Gasteiger partial charge is 0.345 e. The van der Waals surface area contributed by atoms with E-state index in [9.17, 15) is 14.3 Å². The number of methoxy groups -OCH3 is 1. The lowest BCUT2D eigenvalue weighted by molar-refractivity contribution is -0.145. The molecular weight excluding hydrogens is 751 g/mol. The van der Waals surface area contributed by atoms with Gasteiger partial charge in [-0.25, -0.2) is 19.7 Å². The number of benzene rings is 2. The third-order valence-electron chi connectivity index (χ3n) is 9.29. The van der Waals surface area contributed by atoms with Crippen molar-refractivity contribution in [2.75, 3.05) is 53.5 Å². The number of para-hydroxylation sites is 1. The Morgan fingerprint density at radius 1 is 1.04 bits per heavy atom. The number of carbonyl (C=O) groups is 1. The van der Waals surface area contributed by atoms with Gasteiger partial charge in [-0.05, 0) is 54.9 Å². The van der Waals surface area contributed by atoms with E-state index in [1.165, 1.54) is 36.9 Å². The summed E-state index contributed by atoms with van der Waals surface area (Å²) in [5.74, 6) is 0.0467. The number of thiophene rings is 1. The largest absolute Gasteiger partial charge is 0.491 e. The fourth-order valence-corrected chi connectivity index (χ4v) is 7.62. The van der Waals surface area contributed by atoms with Gasteiger partial charge in [-0.1, -0.05) is 35.9 Å². The van der Waals surface area contributed by atoms with Gasteiger partial charge >= 0.3 is 12.0 Å². The zero-order chi connectivity index (χ0) is 38.5. The van der Waals surface area contributed by atoms with Crippen molar-refractivity contribution in [3.63, 3.8) is 0 Å². The van der Waals surface area contributed by atoms with Crippen LogP contribution < -0.4 is 18.9 Å². The number of halogens is 2. The number of ether oxygens (including phenoxy) is 4. The van der Waals surface area contributed by atoms with Crippen LogP contribution in [-0.4, -0.2) is 100 Å². The maximum atomic E-state index is 14.3. The molecule has 1 aliphatic heterocycles. The van der Waals surface area contributed by atoms with Crippen LogP contribution in [-0.2, 0) is 17.8 Å². The van der Waals surface area contributed by atoms with E-state index in [-0.39, 0.29) is 30.7 Å². The fourth-order valence-electron chi connectivity index (χ4n) is 6.30. The molecule has 1 fully saturated rings. The van der Waals surface area contributed by atoms with Gasteiger partial charge in [0.1, 0.15) is 41.6 Å². The summed E-state index contributed by atoms with van der Waals surface area (Å²) < 4.78 is 43.3. The number of piperazine rings is 1. The van der Waals surface area contributed by atoms with Crippen LogP contribution >= 0.6 is 22.9 Å². The first-order chi connectivity index (χ1) is 26.7. The minimum atomic E-state index is -1.39. The minimum absolute atomic E-state index is 0.0245. The molecule has 0 radical (unpaired) electrons. The van der Waals surface area contributed by atoms with Crippen molar-refractivity contribution in [1.29, 1.82) is 0 Å². The van der Waals surface area contributed by atoms with E-state index >= 15 is 0 Å². The van der Waals surface area contributed by atoms with E-state index in [0.717, 1.165) is 32.7 Å². The second-order valence-corrected chi connectivity index (χ2v) is 14.3. The Kier molecular flexibility index (Phi) is 11.7. The third kappa shape index (κ3) is 8.65. The molecule has 0 amide bonds. The molecule has 1 N–H and O–H groups in total. The number of carboxylic acids is 1. The van der Waals surface area contributed by atoms with Gasteiger partial charge in [-0.15, -0.1) is 11.3 Å². The van der Waals surface area contributed by atoms with Crippen LogP contribution in [0.15, 0.2) is 71.5 Å². The summed E-state index contributed by atoms with van der Waals surface area (Å²) >= 11 is 8.21. The Hall–Kier alpha value is -5.35. The fraction of sp³-hybridized carbons (Fsp3) is 0.308. The highest BCUT2D eigenvalue weighted by atomic mass is 35.5. The molecule has 16 heteroatoms. The number of furan rings is 1. The van der Waals surface area contributed by atoms with Gasteiger partial charge in [0, 0.05) is 57.0 Å². The lowest BCUT2D eigenvalue weighted by atomic mass is 9.97. The molecular formula is C39H38ClFN6O7S. The SMILES string of the molecule is COc1nccc(COc2ccccc2C[C@@H](Oc2ncnc3sc(-c4ccc(F)o4)c(-c4ccc(OCCN5CCN(C)CC5)c(Cl)c4C)c23)C(=O)O)n1. The number of likely N-dealkylation sites (N-methyl/N-ethyl adjacent to an activating group) is 1. The molecule has 1 aliphatic rings. The topological polar surface area (TPSA) is 145 Å². The van der Waals surface area contributed by atoms with Crippen molar-refractivity contribution in [2.45, 2.75) is 26.1 Å². The molecule has 6 aromatic rings. The van der Waals surface area contributed by atoms with Gasteiger partial charge in [0.25, 0.3) is 6.01 Å².